The Balaban J connectivity index is -0.000000323. The number of thiol groups is 1. The van der Waals surface area contributed by atoms with Crippen molar-refractivity contribution in [1.29, 1.82) is 0 Å². The van der Waals surface area contributed by atoms with Crippen molar-refractivity contribution >= 4 is 68.0 Å². The summed E-state index contributed by atoms with van der Waals surface area (Å²) in [4.78, 5) is -7.92. The molecule has 1 aromatic rings. The molecule has 0 aliphatic rings. The molecule has 0 aliphatic carbocycles. The van der Waals surface area contributed by atoms with E-state index in [0.29, 0.717) is 0 Å². The van der Waals surface area contributed by atoms with Crippen LogP contribution in [-0.4, -0.2) is 43.8 Å². The van der Waals surface area contributed by atoms with Crippen LogP contribution >= 0.6 is 12.6 Å². The first-order chi connectivity index (χ1) is 10.0. The first-order valence-electron chi connectivity index (χ1n) is 4.41. The molecule has 1 rings (SSSR count). The minimum absolute atomic E-state index is 0. The first-order valence-corrected chi connectivity index (χ1v) is 10.2. The fourth-order valence-electron chi connectivity index (χ4n) is 1.39. The van der Waals surface area contributed by atoms with Crippen LogP contribution in [0.2, 0.25) is 0 Å². The van der Waals surface area contributed by atoms with E-state index < -0.39 is 84.8 Å². The Morgan fingerprint density at radius 1 is 0.444 bits per heavy atom. The van der Waals surface area contributed by atoms with Gasteiger partial charge in [-0.05, 0) is 55.4 Å². The van der Waals surface area contributed by atoms with Gasteiger partial charge in [-0.3, -0.25) is 21.0 Å². The first kappa shape index (κ1) is 42.3. The van der Waals surface area contributed by atoms with Gasteiger partial charge in [0.05, 0.1) is 24.5 Å². The van der Waals surface area contributed by atoms with E-state index >= 15 is 0 Å². The number of hydrogen-bond acceptors (Lipinski definition) is 11. The Labute approximate surface area is 283 Å². The quantitative estimate of drug-likeness (QED) is 0.212. The van der Waals surface area contributed by atoms with Crippen LogP contribution in [0.3, 0.4) is 0 Å². The molecular weight excluding hydrogens is 539 g/mol. The largest absolute Gasteiger partial charge is 1.00 e. The normalized spacial score (nSPS) is 15.0. The maximum Gasteiger partial charge on any atom is 1.00 e. The summed E-state index contributed by atoms with van der Waals surface area (Å²) in [6.45, 7) is 0. The molecule has 0 bridgehead atoms. The average molecular weight is 540 g/mol. The molecule has 0 spiro atoms. The van der Waals surface area contributed by atoms with E-state index in [4.69, 9.17) is 0 Å². The van der Waals surface area contributed by atoms with E-state index in [1.54, 1.807) is 0 Å². The average Bonchev–Trinajstić information content (AvgIpc) is 2.34. The van der Waals surface area contributed by atoms with Gasteiger partial charge in [-0.2, -0.15) is 0 Å². The standard InChI is InChI=1S/C6H6O10S6.5Na/c7-18(8)2-1(17)3(19(9)10)5(21(13)14)6(22(15)16)4(2)20(11)12;;;;;/h17H,(H,7,8)(H,9,10)(H,11,12)(H,13,14)(H,15,16);;;;;/q;5*+1/p-5. The summed E-state index contributed by atoms with van der Waals surface area (Å²) in [5.41, 5.74) is 0. The Hall–Kier alpha value is 5.12. The second-order valence-electron chi connectivity index (χ2n) is 3.17. The van der Waals surface area contributed by atoms with Crippen LogP contribution in [0.5, 0.6) is 0 Å². The Bertz CT molecular complexity index is 720. The predicted octanol–water partition coefficient (Wildman–Crippen LogP) is -16.8. The molecule has 0 aliphatic heterocycles. The molecular formula is C6HNa5O10S6. The Morgan fingerprint density at radius 3 is 0.741 bits per heavy atom. The zero-order valence-corrected chi connectivity index (χ0v) is 29.5. The van der Waals surface area contributed by atoms with E-state index in [0.717, 1.165) is 0 Å². The topological polar surface area (TPSA) is 201 Å². The zero-order chi connectivity index (χ0) is 17.4. The van der Waals surface area contributed by atoms with Crippen LogP contribution in [0, 0.1) is 0 Å². The van der Waals surface area contributed by atoms with Crippen molar-refractivity contribution in [3.05, 3.63) is 0 Å². The molecule has 126 valence electrons. The van der Waals surface area contributed by atoms with Crippen LogP contribution in [-0.2, 0) is 55.4 Å². The van der Waals surface area contributed by atoms with E-state index in [-0.39, 0.29) is 148 Å². The monoisotopic (exact) mass is 540 g/mol. The predicted molar refractivity (Wildman–Crippen MR) is 69.6 cm³/mol. The Morgan fingerprint density at radius 2 is 0.593 bits per heavy atom. The molecule has 0 fully saturated rings. The van der Waals surface area contributed by atoms with Crippen LogP contribution in [0.1, 0.15) is 0 Å². The third kappa shape index (κ3) is 10.9. The SMILES string of the molecule is O=S([O-])c1c(S)c(S(=O)[O-])c(S(=O)[O-])c(S(=O)[O-])c1S(=O)[O-].[Na+].[Na+].[Na+].[Na+].[Na+]. The summed E-state index contributed by atoms with van der Waals surface area (Å²) in [6, 6.07) is 0. The van der Waals surface area contributed by atoms with Crippen molar-refractivity contribution in [2.75, 3.05) is 0 Å². The van der Waals surface area contributed by atoms with Crippen LogP contribution in [0.25, 0.3) is 0 Å². The molecule has 0 radical (unpaired) electrons. The molecule has 5 atom stereocenters. The van der Waals surface area contributed by atoms with Gasteiger partial charge in [0, 0.05) is 4.90 Å². The molecule has 21 heteroatoms. The zero-order valence-electron chi connectivity index (χ0n) is 14.6. The van der Waals surface area contributed by atoms with Crippen molar-refractivity contribution in [2.24, 2.45) is 0 Å². The van der Waals surface area contributed by atoms with Gasteiger partial charge in [0.25, 0.3) is 0 Å². The molecule has 0 amide bonds. The maximum atomic E-state index is 11.1. The van der Waals surface area contributed by atoms with Gasteiger partial charge in [-0.15, -0.1) is 12.6 Å². The van der Waals surface area contributed by atoms with Gasteiger partial charge < -0.3 is 22.8 Å². The van der Waals surface area contributed by atoms with E-state index in [1.807, 2.05) is 0 Å². The summed E-state index contributed by atoms with van der Waals surface area (Å²) in [5, 5.41) is 0. The van der Waals surface area contributed by atoms with Crippen molar-refractivity contribution in [2.45, 2.75) is 29.4 Å². The van der Waals surface area contributed by atoms with Gasteiger partial charge in [-0.1, -0.05) is 0 Å². The van der Waals surface area contributed by atoms with Crippen LogP contribution in [0.4, 0.5) is 0 Å². The molecule has 10 nitrogen and oxygen atoms in total. The van der Waals surface area contributed by atoms with Gasteiger partial charge in [0.2, 0.25) is 0 Å². The maximum absolute atomic E-state index is 11.1. The van der Waals surface area contributed by atoms with Crippen molar-refractivity contribution in [3.8, 4) is 0 Å². The second kappa shape index (κ2) is 19.4. The van der Waals surface area contributed by atoms with E-state index in [1.165, 1.54) is 0 Å². The summed E-state index contributed by atoms with van der Waals surface area (Å²) in [5.74, 6) is 0. The van der Waals surface area contributed by atoms with Gasteiger partial charge >= 0.3 is 148 Å². The smallest absolute Gasteiger partial charge is 0.768 e. The third-order valence-corrected chi connectivity index (χ3v) is 7.06. The molecule has 0 aromatic heterocycles. The summed E-state index contributed by atoms with van der Waals surface area (Å²) >= 11 is -13.9. The van der Waals surface area contributed by atoms with Crippen LogP contribution in [0.15, 0.2) is 29.4 Å². The second-order valence-corrected chi connectivity index (χ2v) is 8.00. The molecule has 0 saturated heterocycles. The molecule has 0 saturated carbocycles. The minimum atomic E-state index is -3.57. The molecule has 5 unspecified atom stereocenters. The third-order valence-electron chi connectivity index (χ3n) is 2.09. The summed E-state index contributed by atoms with van der Waals surface area (Å²) in [7, 11) is 0. The van der Waals surface area contributed by atoms with Gasteiger partial charge in [0.1, 0.15) is 0 Å². The number of hydrogen-bond donors (Lipinski definition) is 1. The number of benzene rings is 1. The van der Waals surface area contributed by atoms with E-state index in [2.05, 4.69) is 12.6 Å². The number of rotatable bonds is 5. The molecule has 1 aromatic carbocycles. The molecule has 27 heavy (non-hydrogen) atoms. The van der Waals surface area contributed by atoms with Gasteiger partial charge in [0.15, 0.2) is 0 Å². The summed E-state index contributed by atoms with van der Waals surface area (Å²) < 4.78 is 111. The Kier molecular flexibility index (Phi) is 30.4. The van der Waals surface area contributed by atoms with Crippen molar-refractivity contribution < 1.29 is 192 Å². The summed E-state index contributed by atoms with van der Waals surface area (Å²) in [6.07, 6.45) is 0. The fourth-order valence-corrected chi connectivity index (χ4v) is 6.65. The van der Waals surface area contributed by atoms with Crippen molar-refractivity contribution in [3.63, 3.8) is 0 Å². The minimum Gasteiger partial charge on any atom is -0.768 e. The van der Waals surface area contributed by atoms with Crippen LogP contribution < -0.4 is 148 Å². The molecule has 0 heterocycles. The fraction of sp³-hybridized carbons (Fsp3) is 0. The van der Waals surface area contributed by atoms with Gasteiger partial charge in [-0.25, -0.2) is 0 Å². The molecule has 0 N–H and O–H groups in total. The van der Waals surface area contributed by atoms with Crippen molar-refractivity contribution in [1.82, 2.24) is 0 Å². The van der Waals surface area contributed by atoms with E-state index in [9.17, 15) is 43.8 Å².